The molecule has 0 spiro atoms. The van der Waals surface area contributed by atoms with Gasteiger partial charge in [-0.1, -0.05) is 45.7 Å². The van der Waals surface area contributed by atoms with E-state index < -0.39 is 0 Å². The lowest BCUT2D eigenvalue weighted by atomic mass is 10.1. The summed E-state index contributed by atoms with van der Waals surface area (Å²) in [5, 5.41) is 0.463. The van der Waals surface area contributed by atoms with Crippen LogP contribution in [-0.4, -0.2) is 9.97 Å². The van der Waals surface area contributed by atoms with Crippen molar-refractivity contribution in [2.24, 2.45) is 0 Å². The third-order valence-corrected chi connectivity index (χ3v) is 3.44. The van der Waals surface area contributed by atoms with E-state index in [1.54, 1.807) is 0 Å². The first kappa shape index (κ1) is 11.5. The topological polar surface area (TPSA) is 54.7 Å². The summed E-state index contributed by atoms with van der Waals surface area (Å²) in [6.45, 7) is 0. The van der Waals surface area contributed by atoms with Gasteiger partial charge in [0.1, 0.15) is 0 Å². The van der Waals surface area contributed by atoms with Gasteiger partial charge in [-0.15, -0.1) is 0 Å². The van der Waals surface area contributed by atoms with Gasteiger partial charge in [0, 0.05) is 4.47 Å². The number of nitrogens with two attached hydrogens (primary N) is 1. The highest BCUT2D eigenvalue weighted by molar-refractivity contribution is 9.10. The van der Waals surface area contributed by atoms with Crippen molar-refractivity contribution >= 4 is 33.5 Å². The van der Waals surface area contributed by atoms with Gasteiger partial charge in [-0.05, 0) is 24.5 Å². The molecule has 84 valence electrons. The van der Waals surface area contributed by atoms with E-state index in [-0.39, 0.29) is 0 Å². The van der Waals surface area contributed by atoms with E-state index in [0.717, 1.165) is 23.0 Å². The smallest absolute Gasteiger partial charge is 0.199 e. The molecule has 0 aliphatic rings. The van der Waals surface area contributed by atoms with Crippen molar-refractivity contribution in [1.29, 1.82) is 0 Å². The van der Waals surface area contributed by atoms with Gasteiger partial charge in [-0.3, -0.25) is 0 Å². The fourth-order valence-electron chi connectivity index (χ4n) is 1.53. The normalized spacial score (nSPS) is 10.6. The minimum Gasteiger partial charge on any atom is -0.369 e. The molecule has 1 aromatic heterocycles. The van der Waals surface area contributed by atoms with Gasteiger partial charge in [0.05, 0.1) is 5.69 Å². The van der Waals surface area contributed by atoms with Crippen molar-refractivity contribution in [3.8, 4) is 0 Å². The first-order valence-electron chi connectivity index (χ1n) is 4.90. The monoisotopic (exact) mass is 299 g/mol. The van der Waals surface area contributed by atoms with E-state index in [9.17, 15) is 0 Å². The van der Waals surface area contributed by atoms with Crippen LogP contribution in [0, 0.1) is 0 Å². The number of nitrogens with zero attached hydrogens (tertiary/aromatic N) is 1. The van der Waals surface area contributed by atoms with Gasteiger partial charge < -0.3 is 10.7 Å². The zero-order valence-electron chi connectivity index (χ0n) is 8.50. The molecule has 0 saturated carbocycles. The molecule has 0 fully saturated rings. The average Bonchev–Trinajstić information content (AvgIpc) is 2.56. The van der Waals surface area contributed by atoms with Gasteiger partial charge in [0.25, 0.3) is 0 Å². The molecule has 5 heteroatoms. The number of imidazole rings is 1. The van der Waals surface area contributed by atoms with Crippen molar-refractivity contribution in [2.75, 3.05) is 5.73 Å². The predicted octanol–water partition coefficient (Wildman–Crippen LogP) is 3.19. The van der Waals surface area contributed by atoms with E-state index in [4.69, 9.17) is 17.3 Å². The lowest BCUT2D eigenvalue weighted by Gasteiger charge is -2.02. The minimum absolute atomic E-state index is 0.368. The summed E-state index contributed by atoms with van der Waals surface area (Å²) >= 11 is 9.43. The lowest BCUT2D eigenvalue weighted by Crippen LogP contribution is -1.94. The average molecular weight is 301 g/mol. The maximum atomic E-state index is 5.92. The second kappa shape index (κ2) is 4.89. The number of anilines is 1. The van der Waals surface area contributed by atoms with Crippen molar-refractivity contribution < 1.29 is 0 Å². The van der Waals surface area contributed by atoms with Gasteiger partial charge in [-0.2, -0.15) is 0 Å². The number of aryl methyl sites for hydroxylation is 2. The molecule has 0 saturated heterocycles. The van der Waals surface area contributed by atoms with Crippen LogP contribution < -0.4 is 5.73 Å². The number of aromatic amines is 1. The Labute approximate surface area is 107 Å². The van der Waals surface area contributed by atoms with Gasteiger partial charge in [0.2, 0.25) is 0 Å². The van der Waals surface area contributed by atoms with Crippen LogP contribution in [-0.2, 0) is 12.8 Å². The van der Waals surface area contributed by atoms with Crippen LogP contribution in [0.2, 0.25) is 5.15 Å². The summed E-state index contributed by atoms with van der Waals surface area (Å²) in [7, 11) is 0. The maximum absolute atomic E-state index is 5.92. The Morgan fingerprint density at radius 1 is 1.31 bits per heavy atom. The van der Waals surface area contributed by atoms with E-state index in [2.05, 4.69) is 32.0 Å². The number of H-pyrrole nitrogens is 1. The highest BCUT2D eigenvalue weighted by atomic mass is 79.9. The number of rotatable bonds is 3. The first-order chi connectivity index (χ1) is 7.66. The molecule has 3 nitrogen and oxygen atoms in total. The van der Waals surface area contributed by atoms with E-state index in [1.807, 2.05) is 18.2 Å². The number of hydrogen-bond acceptors (Lipinski definition) is 2. The van der Waals surface area contributed by atoms with Gasteiger partial charge in [-0.25, -0.2) is 4.98 Å². The van der Waals surface area contributed by atoms with Crippen molar-refractivity contribution in [1.82, 2.24) is 9.97 Å². The molecule has 0 amide bonds. The minimum atomic E-state index is 0.368. The summed E-state index contributed by atoms with van der Waals surface area (Å²) in [5.41, 5.74) is 7.64. The van der Waals surface area contributed by atoms with Crippen LogP contribution in [0.5, 0.6) is 0 Å². The number of hydrogen-bond donors (Lipinski definition) is 2. The largest absolute Gasteiger partial charge is 0.369 e. The Morgan fingerprint density at radius 2 is 2.06 bits per heavy atom. The molecular formula is C11H11BrClN3. The summed E-state index contributed by atoms with van der Waals surface area (Å²) in [5.74, 6) is 0.368. The second-order valence-corrected chi connectivity index (χ2v) is 4.70. The molecule has 16 heavy (non-hydrogen) atoms. The predicted molar refractivity (Wildman–Crippen MR) is 69.6 cm³/mol. The number of nitrogens with one attached hydrogen (secondary N) is 1. The SMILES string of the molecule is Nc1nc(Cl)c(CCc2ccccc2Br)[nH]1. The van der Waals surface area contributed by atoms with Crippen LogP contribution in [0.4, 0.5) is 5.95 Å². The molecule has 0 bridgehead atoms. The zero-order chi connectivity index (χ0) is 11.5. The zero-order valence-corrected chi connectivity index (χ0v) is 10.8. The van der Waals surface area contributed by atoms with E-state index in [0.29, 0.717) is 11.1 Å². The summed E-state index contributed by atoms with van der Waals surface area (Å²) in [6.07, 6.45) is 1.69. The highest BCUT2D eigenvalue weighted by Crippen LogP contribution is 2.20. The van der Waals surface area contributed by atoms with Crippen LogP contribution in [0.25, 0.3) is 0 Å². The molecule has 0 aliphatic carbocycles. The number of aromatic nitrogens is 2. The van der Waals surface area contributed by atoms with Gasteiger partial charge >= 0.3 is 0 Å². The Morgan fingerprint density at radius 3 is 2.69 bits per heavy atom. The molecule has 0 unspecified atom stereocenters. The molecule has 1 heterocycles. The number of benzene rings is 1. The van der Waals surface area contributed by atoms with E-state index in [1.165, 1.54) is 5.56 Å². The van der Waals surface area contributed by atoms with Crippen LogP contribution in [0.15, 0.2) is 28.7 Å². The fourth-order valence-corrected chi connectivity index (χ4v) is 2.25. The van der Waals surface area contributed by atoms with E-state index >= 15 is 0 Å². The summed E-state index contributed by atoms with van der Waals surface area (Å²) < 4.78 is 1.11. The third kappa shape index (κ3) is 2.57. The molecule has 0 aliphatic heterocycles. The number of nitrogen functional groups attached to an aromatic ring is 1. The van der Waals surface area contributed by atoms with Crippen molar-refractivity contribution in [2.45, 2.75) is 12.8 Å². The molecule has 1 aromatic carbocycles. The van der Waals surface area contributed by atoms with Gasteiger partial charge in [0.15, 0.2) is 11.1 Å². The summed E-state index contributed by atoms with van der Waals surface area (Å²) in [4.78, 5) is 6.88. The third-order valence-electron chi connectivity index (χ3n) is 2.35. The first-order valence-corrected chi connectivity index (χ1v) is 6.07. The van der Waals surface area contributed by atoms with Crippen molar-refractivity contribution in [3.05, 3.63) is 45.1 Å². The molecule has 2 aromatic rings. The van der Waals surface area contributed by atoms with Crippen molar-refractivity contribution in [3.63, 3.8) is 0 Å². The standard InChI is InChI=1S/C11H11BrClN3/c12-8-4-2-1-3-7(8)5-6-9-10(13)16-11(14)15-9/h1-4H,5-6H2,(H3,14,15,16). The highest BCUT2D eigenvalue weighted by Gasteiger charge is 2.07. The molecule has 2 rings (SSSR count). The molecular weight excluding hydrogens is 289 g/mol. The Balaban J connectivity index is 2.08. The lowest BCUT2D eigenvalue weighted by molar-refractivity contribution is 0.922. The fraction of sp³-hybridized carbons (Fsp3) is 0.182. The van der Waals surface area contributed by atoms with Crippen LogP contribution in [0.1, 0.15) is 11.3 Å². The molecule has 0 radical (unpaired) electrons. The molecule has 0 atom stereocenters. The summed E-state index contributed by atoms with van der Waals surface area (Å²) in [6, 6.07) is 8.12. The Bertz CT molecular complexity index is 496. The second-order valence-electron chi connectivity index (χ2n) is 3.48. The quantitative estimate of drug-likeness (QED) is 0.914. The number of halogens is 2. The maximum Gasteiger partial charge on any atom is 0.199 e. The van der Waals surface area contributed by atoms with Crippen LogP contribution in [0.3, 0.4) is 0 Å². The van der Waals surface area contributed by atoms with Crippen LogP contribution >= 0.6 is 27.5 Å². The molecule has 3 N–H and O–H groups in total. The Kier molecular flexibility index (Phi) is 3.51. The Hall–Kier alpha value is -1.000.